The molecule has 1 aliphatic heterocycles. The van der Waals surface area contributed by atoms with E-state index in [0.717, 1.165) is 5.56 Å². The molecular formula is C15H20N2O2. The quantitative estimate of drug-likeness (QED) is 0.877. The van der Waals surface area contributed by atoms with Crippen LogP contribution in [0.1, 0.15) is 30.5 Å². The molecule has 0 saturated carbocycles. The molecule has 1 aromatic carbocycles. The number of hydrogen-bond donors (Lipinski definition) is 1. The summed E-state index contributed by atoms with van der Waals surface area (Å²) in [4.78, 5) is 25.5. The minimum absolute atomic E-state index is 0.0390. The van der Waals surface area contributed by atoms with Gasteiger partial charge in [0.25, 0.3) is 0 Å². The normalized spacial score (nSPS) is 18.4. The number of carbonyl (C=O) groups is 2. The fourth-order valence-electron chi connectivity index (χ4n) is 2.27. The first-order valence-corrected chi connectivity index (χ1v) is 6.47. The van der Waals surface area contributed by atoms with E-state index in [1.54, 1.807) is 18.7 Å². The molecule has 4 heteroatoms. The summed E-state index contributed by atoms with van der Waals surface area (Å²) in [5.41, 5.74) is 2.68. The third-order valence-electron chi connectivity index (χ3n) is 3.84. The van der Waals surface area contributed by atoms with Crippen molar-refractivity contribution in [3.63, 3.8) is 0 Å². The van der Waals surface area contributed by atoms with Gasteiger partial charge in [0, 0.05) is 6.54 Å². The van der Waals surface area contributed by atoms with E-state index in [0.29, 0.717) is 6.54 Å². The lowest BCUT2D eigenvalue weighted by molar-refractivity contribution is -0.152. The number of rotatable bonds is 2. The van der Waals surface area contributed by atoms with Crippen LogP contribution in [0.5, 0.6) is 0 Å². The van der Waals surface area contributed by atoms with E-state index in [1.807, 2.05) is 12.1 Å². The van der Waals surface area contributed by atoms with E-state index >= 15 is 0 Å². The maximum absolute atomic E-state index is 12.0. The number of piperazine rings is 1. The third kappa shape index (κ3) is 2.48. The average Bonchev–Trinajstić information content (AvgIpc) is 2.34. The number of carbonyl (C=O) groups excluding carboxylic acids is 2. The van der Waals surface area contributed by atoms with Crippen LogP contribution in [-0.4, -0.2) is 28.8 Å². The Labute approximate surface area is 113 Å². The van der Waals surface area contributed by atoms with Crippen molar-refractivity contribution in [1.82, 2.24) is 10.2 Å². The number of hydrogen-bond acceptors (Lipinski definition) is 2. The van der Waals surface area contributed by atoms with Crippen molar-refractivity contribution in [2.75, 3.05) is 6.54 Å². The molecule has 4 nitrogen and oxygen atoms in total. The fourth-order valence-corrected chi connectivity index (χ4v) is 2.27. The molecule has 0 atom stereocenters. The summed E-state index contributed by atoms with van der Waals surface area (Å²) in [6, 6.07) is 6.13. The summed E-state index contributed by atoms with van der Waals surface area (Å²) in [5.74, 6) is -0.140. The van der Waals surface area contributed by atoms with Gasteiger partial charge in [0.05, 0.1) is 6.54 Å². The fraction of sp³-hybridized carbons (Fsp3) is 0.467. The summed E-state index contributed by atoms with van der Waals surface area (Å²) in [7, 11) is 0. The minimum Gasteiger partial charge on any atom is -0.345 e. The second kappa shape index (κ2) is 4.68. The zero-order valence-electron chi connectivity index (χ0n) is 11.9. The summed E-state index contributed by atoms with van der Waals surface area (Å²) < 4.78 is 0. The predicted molar refractivity (Wildman–Crippen MR) is 73.6 cm³/mol. The smallest absolute Gasteiger partial charge is 0.245 e. The molecule has 1 saturated heterocycles. The zero-order chi connectivity index (χ0) is 14.2. The summed E-state index contributed by atoms with van der Waals surface area (Å²) in [6.45, 7) is 8.23. The van der Waals surface area contributed by atoms with Crippen molar-refractivity contribution < 1.29 is 9.59 Å². The van der Waals surface area contributed by atoms with Crippen LogP contribution in [0.15, 0.2) is 18.2 Å². The Hall–Kier alpha value is -1.84. The van der Waals surface area contributed by atoms with Gasteiger partial charge in [-0.05, 0) is 44.4 Å². The standard InChI is InChI=1S/C15H20N2O2/c1-10-5-6-12(7-11(10)2)9-17-13(18)8-16-14(19)15(17,3)4/h5-7H,8-9H2,1-4H3,(H,16,19). The molecule has 1 aromatic rings. The number of benzene rings is 1. The highest BCUT2D eigenvalue weighted by atomic mass is 16.2. The summed E-state index contributed by atoms with van der Waals surface area (Å²) in [5, 5.41) is 2.63. The molecule has 2 rings (SSSR count). The molecule has 0 unspecified atom stereocenters. The van der Waals surface area contributed by atoms with E-state index in [1.165, 1.54) is 11.1 Å². The zero-order valence-corrected chi connectivity index (χ0v) is 11.9. The summed E-state index contributed by atoms with van der Waals surface area (Å²) in [6.07, 6.45) is 0. The van der Waals surface area contributed by atoms with Crippen LogP contribution in [0.2, 0.25) is 0 Å². The van der Waals surface area contributed by atoms with Crippen molar-refractivity contribution >= 4 is 11.8 Å². The molecule has 0 spiro atoms. The Morgan fingerprint density at radius 1 is 1.21 bits per heavy atom. The Morgan fingerprint density at radius 3 is 2.53 bits per heavy atom. The molecule has 0 radical (unpaired) electrons. The van der Waals surface area contributed by atoms with E-state index in [9.17, 15) is 9.59 Å². The largest absolute Gasteiger partial charge is 0.345 e. The summed E-state index contributed by atoms with van der Waals surface area (Å²) >= 11 is 0. The van der Waals surface area contributed by atoms with Crippen LogP contribution in [0.4, 0.5) is 0 Å². The highest BCUT2D eigenvalue weighted by molar-refractivity contribution is 5.97. The Balaban J connectivity index is 2.27. The van der Waals surface area contributed by atoms with Crippen LogP contribution in [0.25, 0.3) is 0 Å². The lowest BCUT2D eigenvalue weighted by Gasteiger charge is -2.41. The second-order valence-electron chi connectivity index (χ2n) is 5.64. The topological polar surface area (TPSA) is 49.4 Å². The molecule has 0 bridgehead atoms. The van der Waals surface area contributed by atoms with Crippen molar-refractivity contribution in [3.05, 3.63) is 34.9 Å². The SMILES string of the molecule is Cc1ccc(CN2C(=O)CNC(=O)C2(C)C)cc1C. The van der Waals surface area contributed by atoms with Crippen LogP contribution >= 0.6 is 0 Å². The van der Waals surface area contributed by atoms with Gasteiger partial charge in [-0.25, -0.2) is 0 Å². The molecule has 0 aliphatic carbocycles. The van der Waals surface area contributed by atoms with Gasteiger partial charge in [-0.1, -0.05) is 18.2 Å². The van der Waals surface area contributed by atoms with Gasteiger partial charge in [-0.3, -0.25) is 9.59 Å². The molecular weight excluding hydrogens is 240 g/mol. The Bertz CT molecular complexity index is 535. The van der Waals surface area contributed by atoms with Gasteiger partial charge in [0.2, 0.25) is 11.8 Å². The highest BCUT2D eigenvalue weighted by Gasteiger charge is 2.41. The van der Waals surface area contributed by atoms with Crippen LogP contribution < -0.4 is 5.32 Å². The van der Waals surface area contributed by atoms with Gasteiger partial charge >= 0.3 is 0 Å². The van der Waals surface area contributed by atoms with E-state index in [-0.39, 0.29) is 18.4 Å². The number of nitrogens with zero attached hydrogens (tertiary/aromatic N) is 1. The maximum Gasteiger partial charge on any atom is 0.245 e. The van der Waals surface area contributed by atoms with Gasteiger partial charge < -0.3 is 10.2 Å². The number of amides is 2. The van der Waals surface area contributed by atoms with Gasteiger partial charge in [-0.15, -0.1) is 0 Å². The molecule has 102 valence electrons. The Morgan fingerprint density at radius 2 is 1.89 bits per heavy atom. The van der Waals surface area contributed by atoms with Crippen LogP contribution in [0.3, 0.4) is 0 Å². The van der Waals surface area contributed by atoms with Gasteiger partial charge in [0.1, 0.15) is 5.54 Å². The average molecular weight is 260 g/mol. The van der Waals surface area contributed by atoms with E-state index in [2.05, 4.69) is 25.2 Å². The first-order chi connectivity index (χ1) is 8.82. The lowest BCUT2D eigenvalue weighted by Crippen LogP contribution is -2.63. The van der Waals surface area contributed by atoms with E-state index < -0.39 is 5.54 Å². The van der Waals surface area contributed by atoms with E-state index in [4.69, 9.17) is 0 Å². The maximum atomic E-state index is 12.0. The molecule has 2 amide bonds. The van der Waals surface area contributed by atoms with Crippen molar-refractivity contribution in [1.29, 1.82) is 0 Å². The molecule has 1 N–H and O–H groups in total. The minimum atomic E-state index is -0.797. The second-order valence-corrected chi connectivity index (χ2v) is 5.64. The van der Waals surface area contributed by atoms with Crippen molar-refractivity contribution in [2.24, 2.45) is 0 Å². The molecule has 1 fully saturated rings. The van der Waals surface area contributed by atoms with Crippen molar-refractivity contribution in [2.45, 2.75) is 39.8 Å². The number of aryl methyl sites for hydroxylation is 2. The molecule has 1 aliphatic rings. The molecule has 0 aromatic heterocycles. The lowest BCUT2D eigenvalue weighted by atomic mass is 9.97. The predicted octanol–water partition coefficient (Wildman–Crippen LogP) is 1.54. The molecule has 19 heavy (non-hydrogen) atoms. The van der Waals surface area contributed by atoms with Gasteiger partial charge in [-0.2, -0.15) is 0 Å². The first kappa shape index (κ1) is 13.6. The molecule has 1 heterocycles. The Kier molecular flexibility index (Phi) is 3.35. The third-order valence-corrected chi connectivity index (χ3v) is 3.84. The van der Waals surface area contributed by atoms with Crippen LogP contribution in [-0.2, 0) is 16.1 Å². The highest BCUT2D eigenvalue weighted by Crippen LogP contribution is 2.22. The van der Waals surface area contributed by atoms with Gasteiger partial charge in [0.15, 0.2) is 0 Å². The van der Waals surface area contributed by atoms with Crippen LogP contribution in [0, 0.1) is 13.8 Å². The van der Waals surface area contributed by atoms with Crippen molar-refractivity contribution in [3.8, 4) is 0 Å². The monoisotopic (exact) mass is 260 g/mol. The number of nitrogens with one attached hydrogen (secondary N) is 1. The first-order valence-electron chi connectivity index (χ1n) is 6.47.